The Kier molecular flexibility index (Phi) is 6.27. The van der Waals surface area contributed by atoms with Gasteiger partial charge in [-0.05, 0) is 55.3 Å². The number of carbonyl (C=O) groups excluding carboxylic acids is 2. The zero-order chi connectivity index (χ0) is 26.9. The van der Waals surface area contributed by atoms with Crippen LogP contribution in [0.4, 0.5) is 14.6 Å². The number of fused-ring (bicyclic) bond motifs is 1. The van der Waals surface area contributed by atoms with Crippen LogP contribution in [0.3, 0.4) is 0 Å². The van der Waals surface area contributed by atoms with Gasteiger partial charge in [-0.1, -0.05) is 0 Å². The fourth-order valence-electron chi connectivity index (χ4n) is 4.60. The molecule has 2 amide bonds. The lowest BCUT2D eigenvalue weighted by Gasteiger charge is -2.17. The monoisotopic (exact) mass is 528 g/mol. The number of aromatic nitrogens is 6. The fraction of sp³-hybridized carbons (Fsp3) is 0.185. The molecule has 5 heterocycles. The lowest BCUT2D eigenvalue weighted by molar-refractivity contribution is -0.130. The van der Waals surface area contributed by atoms with Crippen molar-refractivity contribution in [3.63, 3.8) is 0 Å². The maximum absolute atomic E-state index is 13.6. The highest BCUT2D eigenvalue weighted by molar-refractivity contribution is 6.03. The Balaban J connectivity index is 1.35. The first kappa shape index (κ1) is 24.3. The number of pyridine rings is 1. The van der Waals surface area contributed by atoms with E-state index in [9.17, 15) is 18.4 Å². The average molecular weight is 529 g/mol. The first-order valence-electron chi connectivity index (χ1n) is 12.3. The summed E-state index contributed by atoms with van der Waals surface area (Å²) in [6.45, 7) is 1.54. The summed E-state index contributed by atoms with van der Waals surface area (Å²) in [6.07, 6.45) is 6.29. The number of halogens is 2. The molecule has 1 aliphatic heterocycles. The van der Waals surface area contributed by atoms with Crippen LogP contribution in [0.1, 0.15) is 23.2 Å². The van der Waals surface area contributed by atoms with Crippen molar-refractivity contribution in [3.05, 3.63) is 84.6 Å². The number of hydrogen-bond donors (Lipinski definition) is 1. The van der Waals surface area contributed by atoms with Crippen LogP contribution >= 0.6 is 0 Å². The predicted molar refractivity (Wildman–Crippen MR) is 138 cm³/mol. The third kappa shape index (κ3) is 4.96. The minimum Gasteiger partial charge on any atom is -0.341 e. The second-order valence-corrected chi connectivity index (χ2v) is 9.13. The van der Waals surface area contributed by atoms with Crippen molar-refractivity contribution in [3.8, 4) is 22.6 Å². The molecule has 0 unspecified atom stereocenters. The summed E-state index contributed by atoms with van der Waals surface area (Å²) in [6, 6.07) is 11.8. The van der Waals surface area contributed by atoms with E-state index in [-0.39, 0.29) is 29.7 Å². The largest absolute Gasteiger partial charge is 0.341 e. The van der Waals surface area contributed by atoms with E-state index >= 15 is 0 Å². The number of nitrogens with one attached hydrogen (secondary N) is 1. The van der Waals surface area contributed by atoms with Crippen LogP contribution in [0.15, 0.2) is 67.3 Å². The van der Waals surface area contributed by atoms with Gasteiger partial charge < -0.3 is 14.8 Å². The lowest BCUT2D eigenvalue weighted by atomic mass is 10.1. The number of rotatable bonds is 6. The third-order valence-electron chi connectivity index (χ3n) is 6.51. The molecule has 39 heavy (non-hydrogen) atoms. The summed E-state index contributed by atoms with van der Waals surface area (Å²) in [7, 11) is 0. The highest BCUT2D eigenvalue weighted by Crippen LogP contribution is 2.31. The summed E-state index contributed by atoms with van der Waals surface area (Å²) in [4.78, 5) is 39.7. The Morgan fingerprint density at radius 3 is 2.54 bits per heavy atom. The number of imidazole rings is 2. The van der Waals surface area contributed by atoms with E-state index in [1.165, 1.54) is 35.1 Å². The number of likely N-dealkylation sites (tertiary alicyclic amines) is 1. The van der Waals surface area contributed by atoms with E-state index in [0.29, 0.717) is 28.3 Å². The molecule has 1 saturated heterocycles. The quantitative estimate of drug-likeness (QED) is 0.336. The lowest BCUT2D eigenvalue weighted by Crippen LogP contribution is -2.31. The Morgan fingerprint density at radius 2 is 1.77 bits per heavy atom. The van der Waals surface area contributed by atoms with E-state index in [4.69, 9.17) is 0 Å². The molecule has 0 atom stereocenters. The Labute approximate surface area is 220 Å². The first-order chi connectivity index (χ1) is 18.9. The van der Waals surface area contributed by atoms with Crippen molar-refractivity contribution in [1.29, 1.82) is 0 Å². The van der Waals surface area contributed by atoms with Crippen LogP contribution in [0.2, 0.25) is 0 Å². The number of nitrogens with zero attached hydrogens (tertiary/aromatic N) is 7. The minimum absolute atomic E-state index is 0.0157. The highest BCUT2D eigenvalue weighted by atomic mass is 19.1. The van der Waals surface area contributed by atoms with Gasteiger partial charge >= 0.3 is 0 Å². The molecule has 196 valence electrons. The molecule has 0 radical (unpaired) electrons. The van der Waals surface area contributed by atoms with Gasteiger partial charge in [0.15, 0.2) is 11.5 Å². The second-order valence-electron chi connectivity index (χ2n) is 9.13. The molecule has 12 heteroatoms. The number of benzene rings is 1. The number of hydrogen-bond acceptors (Lipinski definition) is 6. The Hall–Kier alpha value is -5.00. The number of amides is 2. The third-order valence-corrected chi connectivity index (χ3v) is 6.51. The maximum atomic E-state index is 13.6. The maximum Gasteiger partial charge on any atom is 0.257 e. The summed E-state index contributed by atoms with van der Waals surface area (Å²) in [5.74, 6) is -1.47. The molecular weight excluding hydrogens is 506 g/mol. The number of carbonyl (C=O) groups is 2. The molecule has 0 spiro atoms. The van der Waals surface area contributed by atoms with Crippen molar-refractivity contribution >= 4 is 23.3 Å². The van der Waals surface area contributed by atoms with Gasteiger partial charge in [-0.25, -0.2) is 23.9 Å². The molecule has 6 rings (SSSR count). The molecule has 1 aliphatic rings. The standard InChI is InChI=1S/C27H22F2N8O2/c28-19-5-3-17(4-6-19)25-26(36(16-31-25)15-24(38)35-11-1-2-12-35)20-7-8-23-32-22(14-37(23)34-20)33-27(39)18-9-10-30-21(29)13-18/h3-10,13-14,16H,1-2,11-12,15H2,(H,33,39). The van der Waals surface area contributed by atoms with Crippen molar-refractivity contribution < 1.29 is 18.4 Å². The van der Waals surface area contributed by atoms with Crippen LogP contribution in [0.25, 0.3) is 28.3 Å². The normalized spacial score (nSPS) is 13.2. The molecule has 0 bridgehead atoms. The molecule has 1 fully saturated rings. The number of anilines is 1. The van der Waals surface area contributed by atoms with E-state index in [2.05, 4.69) is 25.4 Å². The van der Waals surface area contributed by atoms with Gasteiger partial charge in [0.05, 0.1) is 23.9 Å². The highest BCUT2D eigenvalue weighted by Gasteiger charge is 2.23. The summed E-state index contributed by atoms with van der Waals surface area (Å²) in [5, 5.41) is 7.31. The smallest absolute Gasteiger partial charge is 0.257 e. The molecule has 4 aromatic heterocycles. The van der Waals surface area contributed by atoms with Gasteiger partial charge in [-0.15, -0.1) is 0 Å². The predicted octanol–water partition coefficient (Wildman–Crippen LogP) is 3.81. The van der Waals surface area contributed by atoms with Gasteiger partial charge in [-0.3, -0.25) is 9.59 Å². The summed E-state index contributed by atoms with van der Waals surface area (Å²) < 4.78 is 30.3. The van der Waals surface area contributed by atoms with Crippen molar-refractivity contribution in [2.75, 3.05) is 18.4 Å². The zero-order valence-electron chi connectivity index (χ0n) is 20.6. The Bertz CT molecular complexity index is 1690. The second kappa shape index (κ2) is 10.0. The van der Waals surface area contributed by atoms with Gasteiger partial charge in [0.2, 0.25) is 11.9 Å². The van der Waals surface area contributed by atoms with Gasteiger partial charge in [-0.2, -0.15) is 9.49 Å². The average Bonchev–Trinajstić information content (AvgIpc) is 3.69. The Morgan fingerprint density at radius 1 is 0.974 bits per heavy atom. The first-order valence-corrected chi connectivity index (χ1v) is 12.3. The van der Waals surface area contributed by atoms with E-state index in [1.807, 2.05) is 4.90 Å². The minimum atomic E-state index is -0.763. The van der Waals surface area contributed by atoms with Crippen LogP contribution in [-0.4, -0.2) is 58.9 Å². The van der Waals surface area contributed by atoms with Crippen LogP contribution in [0, 0.1) is 11.8 Å². The van der Waals surface area contributed by atoms with Crippen LogP contribution in [-0.2, 0) is 11.3 Å². The SMILES string of the molecule is O=C(Nc1cn2nc(-c3c(-c4ccc(F)cc4)ncn3CC(=O)N3CCCC3)ccc2n1)c1ccnc(F)c1. The van der Waals surface area contributed by atoms with Crippen molar-refractivity contribution in [2.45, 2.75) is 19.4 Å². The molecule has 10 nitrogen and oxygen atoms in total. The fourth-order valence-corrected chi connectivity index (χ4v) is 4.60. The van der Waals surface area contributed by atoms with E-state index < -0.39 is 11.9 Å². The molecule has 5 aromatic rings. The van der Waals surface area contributed by atoms with Crippen molar-refractivity contribution in [1.82, 2.24) is 34.0 Å². The van der Waals surface area contributed by atoms with Gasteiger partial charge in [0.1, 0.15) is 18.1 Å². The van der Waals surface area contributed by atoms with Gasteiger partial charge in [0, 0.05) is 36.5 Å². The molecule has 0 aliphatic carbocycles. The summed E-state index contributed by atoms with van der Waals surface area (Å²) >= 11 is 0. The zero-order valence-corrected chi connectivity index (χ0v) is 20.6. The van der Waals surface area contributed by atoms with Gasteiger partial charge in [0.25, 0.3) is 5.91 Å². The van der Waals surface area contributed by atoms with E-state index in [0.717, 1.165) is 32.0 Å². The molecular formula is C27H22F2N8O2. The van der Waals surface area contributed by atoms with Crippen LogP contribution in [0.5, 0.6) is 0 Å². The molecule has 1 N–H and O–H groups in total. The summed E-state index contributed by atoms with van der Waals surface area (Å²) in [5.41, 5.74) is 2.86. The molecule has 1 aromatic carbocycles. The molecule has 0 saturated carbocycles. The topological polar surface area (TPSA) is 110 Å². The van der Waals surface area contributed by atoms with Crippen LogP contribution < -0.4 is 5.32 Å². The van der Waals surface area contributed by atoms with Crippen molar-refractivity contribution in [2.24, 2.45) is 0 Å². The van der Waals surface area contributed by atoms with E-state index in [1.54, 1.807) is 35.2 Å².